The number of guanidine groups is 1. The highest BCUT2D eigenvalue weighted by molar-refractivity contribution is 14.0. The minimum Gasteiger partial charge on any atom is -0.383 e. The molecule has 4 N–H and O–H groups in total. The Labute approximate surface area is 156 Å². The van der Waals surface area contributed by atoms with Gasteiger partial charge >= 0.3 is 0 Å². The number of halogens is 3. The molecule has 0 radical (unpaired) electrons. The molecule has 0 aliphatic heterocycles. The van der Waals surface area contributed by atoms with Crippen LogP contribution in [-0.4, -0.2) is 17.6 Å². The summed E-state index contributed by atoms with van der Waals surface area (Å²) in [6, 6.07) is 10.5. The van der Waals surface area contributed by atoms with Gasteiger partial charge in [-0.3, -0.25) is 0 Å². The summed E-state index contributed by atoms with van der Waals surface area (Å²) < 4.78 is 26.7. The molecule has 4 nitrogen and oxygen atoms in total. The fourth-order valence-corrected chi connectivity index (χ4v) is 2.16. The van der Waals surface area contributed by atoms with Crippen molar-refractivity contribution < 1.29 is 13.9 Å². The maximum Gasteiger partial charge on any atom is 0.193 e. The largest absolute Gasteiger partial charge is 0.383 e. The molecule has 0 saturated carbocycles. The molecule has 1 unspecified atom stereocenters. The van der Waals surface area contributed by atoms with Crippen molar-refractivity contribution in [1.82, 2.24) is 0 Å². The van der Waals surface area contributed by atoms with E-state index in [1.165, 1.54) is 13.0 Å². The van der Waals surface area contributed by atoms with Crippen molar-refractivity contribution in [2.75, 3.05) is 11.9 Å². The first-order valence-electron chi connectivity index (χ1n) is 7.09. The summed E-state index contributed by atoms with van der Waals surface area (Å²) in [5.74, 6) is -1.43. The van der Waals surface area contributed by atoms with E-state index in [1.807, 2.05) is 31.2 Å². The predicted molar refractivity (Wildman–Crippen MR) is 103 cm³/mol. The van der Waals surface area contributed by atoms with Crippen molar-refractivity contribution in [3.05, 3.63) is 65.2 Å². The Morgan fingerprint density at radius 1 is 1.25 bits per heavy atom. The zero-order valence-corrected chi connectivity index (χ0v) is 15.7. The molecule has 0 aromatic heterocycles. The maximum absolute atomic E-state index is 13.8. The van der Waals surface area contributed by atoms with E-state index >= 15 is 0 Å². The number of nitrogens with one attached hydrogen (secondary N) is 1. The number of nitrogens with two attached hydrogens (primary N) is 1. The first-order valence-corrected chi connectivity index (χ1v) is 7.09. The van der Waals surface area contributed by atoms with Crippen LogP contribution >= 0.6 is 24.0 Å². The van der Waals surface area contributed by atoms with E-state index in [-0.39, 0.29) is 42.0 Å². The molecule has 130 valence electrons. The Morgan fingerprint density at radius 2 is 1.96 bits per heavy atom. The van der Waals surface area contributed by atoms with E-state index in [2.05, 4.69) is 10.3 Å². The van der Waals surface area contributed by atoms with E-state index in [0.29, 0.717) is 0 Å². The molecule has 0 spiro atoms. The van der Waals surface area contributed by atoms with Crippen molar-refractivity contribution >= 4 is 35.6 Å². The Balaban J connectivity index is 0.00000288. The third-order valence-electron chi connectivity index (χ3n) is 3.36. The first-order chi connectivity index (χ1) is 10.8. The first kappa shape index (κ1) is 20.3. The van der Waals surface area contributed by atoms with Gasteiger partial charge in [0.05, 0.1) is 6.54 Å². The van der Waals surface area contributed by atoms with Crippen LogP contribution in [0, 0.1) is 18.6 Å². The third kappa shape index (κ3) is 5.41. The van der Waals surface area contributed by atoms with E-state index in [0.717, 1.165) is 23.4 Å². The fourth-order valence-electron chi connectivity index (χ4n) is 2.16. The van der Waals surface area contributed by atoms with Crippen molar-refractivity contribution in [2.24, 2.45) is 10.7 Å². The van der Waals surface area contributed by atoms with Gasteiger partial charge < -0.3 is 16.2 Å². The van der Waals surface area contributed by atoms with Gasteiger partial charge in [0.2, 0.25) is 0 Å². The van der Waals surface area contributed by atoms with Crippen molar-refractivity contribution in [2.45, 2.75) is 19.4 Å². The molecule has 7 heteroatoms. The van der Waals surface area contributed by atoms with Gasteiger partial charge in [-0.05, 0) is 37.6 Å². The molecule has 0 heterocycles. The Bertz CT molecular complexity index is 736. The minimum absolute atomic E-state index is 0. The van der Waals surface area contributed by atoms with Gasteiger partial charge in [-0.25, -0.2) is 13.8 Å². The number of aliphatic imine (C=N–C) groups is 1. The highest BCUT2D eigenvalue weighted by atomic mass is 127. The summed E-state index contributed by atoms with van der Waals surface area (Å²) in [5, 5.41) is 13.3. The zero-order valence-electron chi connectivity index (χ0n) is 13.4. The van der Waals surface area contributed by atoms with Crippen LogP contribution < -0.4 is 11.1 Å². The second kappa shape index (κ2) is 8.39. The fraction of sp³-hybridized carbons (Fsp3) is 0.235. The van der Waals surface area contributed by atoms with Crippen LogP contribution in [0.5, 0.6) is 0 Å². The van der Waals surface area contributed by atoms with E-state index in [1.54, 1.807) is 0 Å². The van der Waals surface area contributed by atoms with Crippen molar-refractivity contribution in [3.63, 3.8) is 0 Å². The monoisotopic (exact) mass is 447 g/mol. The molecule has 2 aromatic rings. The van der Waals surface area contributed by atoms with Crippen LogP contribution in [0.2, 0.25) is 0 Å². The molecular formula is C17H20F2IN3O. The van der Waals surface area contributed by atoms with Crippen LogP contribution in [0.25, 0.3) is 0 Å². The molecule has 0 fully saturated rings. The smallest absolute Gasteiger partial charge is 0.193 e. The van der Waals surface area contributed by atoms with Crippen LogP contribution in [0.3, 0.4) is 0 Å². The minimum atomic E-state index is -1.60. The maximum atomic E-state index is 13.8. The number of hydrogen-bond acceptors (Lipinski definition) is 2. The van der Waals surface area contributed by atoms with Crippen molar-refractivity contribution in [1.29, 1.82) is 0 Å². The standard InChI is InChI=1S/C17H19F2N3O.HI/c1-11-4-3-5-13(8-11)22-16(20)21-10-17(2,23)14-7-6-12(18)9-15(14)19;/h3-9,23H,10H2,1-2H3,(H3,20,21,22);1H. The highest BCUT2D eigenvalue weighted by Crippen LogP contribution is 2.24. The number of hydrogen-bond donors (Lipinski definition) is 3. The number of aryl methyl sites for hydroxylation is 1. The van der Waals surface area contributed by atoms with E-state index in [9.17, 15) is 13.9 Å². The lowest BCUT2D eigenvalue weighted by Gasteiger charge is -2.22. The molecule has 0 saturated heterocycles. The summed E-state index contributed by atoms with van der Waals surface area (Å²) >= 11 is 0. The lowest BCUT2D eigenvalue weighted by atomic mass is 9.95. The van der Waals surface area contributed by atoms with Gasteiger partial charge in [-0.2, -0.15) is 0 Å². The van der Waals surface area contributed by atoms with Gasteiger partial charge in [0, 0.05) is 17.3 Å². The molecule has 0 amide bonds. The molecule has 0 aliphatic rings. The van der Waals surface area contributed by atoms with E-state index < -0.39 is 17.2 Å². The Hall–Kier alpha value is -1.74. The summed E-state index contributed by atoms with van der Waals surface area (Å²) in [7, 11) is 0. The molecule has 1 atom stereocenters. The SMILES string of the molecule is Cc1cccc(NC(N)=NCC(C)(O)c2ccc(F)cc2F)c1.I. The number of anilines is 1. The van der Waals surface area contributed by atoms with Gasteiger partial charge in [0.1, 0.15) is 17.2 Å². The number of rotatable bonds is 4. The highest BCUT2D eigenvalue weighted by Gasteiger charge is 2.26. The summed E-state index contributed by atoms with van der Waals surface area (Å²) in [5.41, 5.74) is 5.96. The lowest BCUT2D eigenvalue weighted by Crippen LogP contribution is -2.30. The third-order valence-corrected chi connectivity index (χ3v) is 3.36. The van der Waals surface area contributed by atoms with Gasteiger partial charge in [-0.1, -0.05) is 18.2 Å². The number of nitrogens with zero attached hydrogens (tertiary/aromatic N) is 1. The average Bonchev–Trinajstić information content (AvgIpc) is 2.45. The Kier molecular flexibility index (Phi) is 7.09. The normalized spacial score (nSPS) is 13.8. The van der Waals surface area contributed by atoms with Crippen LogP contribution in [0.4, 0.5) is 14.5 Å². The van der Waals surface area contributed by atoms with Crippen molar-refractivity contribution in [3.8, 4) is 0 Å². The summed E-state index contributed by atoms with van der Waals surface area (Å²) in [4.78, 5) is 4.03. The molecular weight excluding hydrogens is 427 g/mol. The predicted octanol–water partition coefficient (Wildman–Crippen LogP) is 3.53. The lowest BCUT2D eigenvalue weighted by molar-refractivity contribution is 0.0634. The number of benzene rings is 2. The Morgan fingerprint density at radius 3 is 2.58 bits per heavy atom. The second-order valence-electron chi connectivity index (χ2n) is 5.59. The van der Waals surface area contributed by atoms with Gasteiger partial charge in [0.15, 0.2) is 5.96 Å². The van der Waals surface area contributed by atoms with Gasteiger partial charge in [-0.15, -0.1) is 24.0 Å². The quantitative estimate of drug-likeness (QED) is 0.382. The molecule has 24 heavy (non-hydrogen) atoms. The summed E-state index contributed by atoms with van der Waals surface area (Å²) in [6.07, 6.45) is 0. The van der Waals surface area contributed by atoms with Crippen LogP contribution in [0.15, 0.2) is 47.5 Å². The number of aliphatic hydroxyl groups is 1. The summed E-state index contributed by atoms with van der Waals surface area (Å²) in [6.45, 7) is 3.17. The second-order valence-corrected chi connectivity index (χ2v) is 5.59. The average molecular weight is 447 g/mol. The van der Waals surface area contributed by atoms with Crippen LogP contribution in [-0.2, 0) is 5.60 Å². The van der Waals surface area contributed by atoms with E-state index in [4.69, 9.17) is 5.73 Å². The topological polar surface area (TPSA) is 70.6 Å². The molecule has 0 aliphatic carbocycles. The van der Waals surface area contributed by atoms with Gasteiger partial charge in [0.25, 0.3) is 0 Å². The van der Waals surface area contributed by atoms with Crippen LogP contribution in [0.1, 0.15) is 18.1 Å². The molecule has 0 bridgehead atoms. The molecule has 2 rings (SSSR count). The zero-order chi connectivity index (χ0) is 17.0. The molecule has 2 aromatic carbocycles.